The predicted octanol–water partition coefficient (Wildman–Crippen LogP) is 3.13. The monoisotopic (exact) mass is 252 g/mol. The zero-order valence-electron chi connectivity index (χ0n) is 12.6. The van der Waals surface area contributed by atoms with Gasteiger partial charge in [0.15, 0.2) is 0 Å². The second-order valence-corrected chi connectivity index (χ2v) is 6.97. The molecular formula is C16H32N2. The fourth-order valence-corrected chi connectivity index (χ4v) is 3.60. The largest absolute Gasteiger partial charge is 0.313 e. The molecule has 1 saturated carbocycles. The Morgan fingerprint density at radius 2 is 1.89 bits per heavy atom. The van der Waals surface area contributed by atoms with Gasteiger partial charge in [0.05, 0.1) is 0 Å². The first-order valence-corrected chi connectivity index (χ1v) is 8.11. The van der Waals surface area contributed by atoms with Crippen LogP contribution in [0.3, 0.4) is 0 Å². The Morgan fingerprint density at radius 1 is 1.06 bits per heavy atom. The standard InChI is InChI=1S/C16H32N2/c1-13-5-4-6-16(11-13)17-8-10-18-9-7-14(2)15(3)12-18/h13-17H,4-12H2,1-3H3. The van der Waals surface area contributed by atoms with Crippen LogP contribution in [0.25, 0.3) is 0 Å². The molecule has 1 aliphatic carbocycles. The highest BCUT2D eigenvalue weighted by atomic mass is 15.1. The highest BCUT2D eigenvalue weighted by Gasteiger charge is 2.23. The van der Waals surface area contributed by atoms with Gasteiger partial charge < -0.3 is 10.2 Å². The van der Waals surface area contributed by atoms with Gasteiger partial charge in [0.1, 0.15) is 0 Å². The molecule has 4 atom stereocenters. The molecule has 0 radical (unpaired) electrons. The van der Waals surface area contributed by atoms with Crippen LogP contribution in [-0.4, -0.2) is 37.1 Å². The maximum Gasteiger partial charge on any atom is 0.0107 e. The molecule has 2 aliphatic rings. The number of rotatable bonds is 4. The molecule has 0 amide bonds. The topological polar surface area (TPSA) is 15.3 Å². The number of nitrogens with zero attached hydrogens (tertiary/aromatic N) is 1. The van der Waals surface area contributed by atoms with Crippen molar-refractivity contribution in [1.82, 2.24) is 10.2 Å². The molecule has 2 nitrogen and oxygen atoms in total. The lowest BCUT2D eigenvalue weighted by Crippen LogP contribution is -2.44. The van der Waals surface area contributed by atoms with E-state index in [1.165, 1.54) is 58.3 Å². The van der Waals surface area contributed by atoms with Gasteiger partial charge in [-0.3, -0.25) is 0 Å². The fraction of sp³-hybridized carbons (Fsp3) is 1.00. The zero-order chi connectivity index (χ0) is 13.0. The van der Waals surface area contributed by atoms with Gasteiger partial charge in [-0.05, 0) is 43.6 Å². The van der Waals surface area contributed by atoms with Gasteiger partial charge in [0.2, 0.25) is 0 Å². The van der Waals surface area contributed by atoms with Crippen molar-refractivity contribution >= 4 is 0 Å². The van der Waals surface area contributed by atoms with Crippen molar-refractivity contribution < 1.29 is 0 Å². The van der Waals surface area contributed by atoms with Gasteiger partial charge in [-0.1, -0.05) is 33.6 Å². The number of hydrogen-bond donors (Lipinski definition) is 1. The summed E-state index contributed by atoms with van der Waals surface area (Å²) in [5.74, 6) is 2.74. The molecular weight excluding hydrogens is 220 g/mol. The summed E-state index contributed by atoms with van der Waals surface area (Å²) in [4.78, 5) is 2.66. The summed E-state index contributed by atoms with van der Waals surface area (Å²) in [6.45, 7) is 12.3. The molecule has 1 saturated heterocycles. The summed E-state index contributed by atoms with van der Waals surface area (Å²) >= 11 is 0. The average molecular weight is 252 g/mol. The van der Waals surface area contributed by atoms with Gasteiger partial charge in [0.25, 0.3) is 0 Å². The highest BCUT2D eigenvalue weighted by Crippen LogP contribution is 2.24. The minimum absolute atomic E-state index is 0.801. The van der Waals surface area contributed by atoms with Crippen molar-refractivity contribution in [2.45, 2.75) is 58.9 Å². The van der Waals surface area contributed by atoms with Crippen LogP contribution in [0.5, 0.6) is 0 Å². The molecule has 1 N–H and O–H groups in total. The van der Waals surface area contributed by atoms with E-state index >= 15 is 0 Å². The lowest BCUT2D eigenvalue weighted by atomic mass is 9.87. The van der Waals surface area contributed by atoms with E-state index in [1.807, 2.05) is 0 Å². The number of likely N-dealkylation sites (tertiary alicyclic amines) is 1. The Kier molecular flexibility index (Phi) is 5.50. The molecule has 0 aromatic heterocycles. The Bertz CT molecular complexity index is 241. The van der Waals surface area contributed by atoms with Gasteiger partial charge in [-0.25, -0.2) is 0 Å². The number of hydrogen-bond acceptors (Lipinski definition) is 2. The third kappa shape index (κ3) is 4.24. The molecule has 18 heavy (non-hydrogen) atoms. The first-order valence-electron chi connectivity index (χ1n) is 8.11. The van der Waals surface area contributed by atoms with E-state index in [4.69, 9.17) is 0 Å². The van der Waals surface area contributed by atoms with Crippen LogP contribution in [0.4, 0.5) is 0 Å². The lowest BCUT2D eigenvalue weighted by molar-refractivity contribution is 0.136. The summed E-state index contributed by atoms with van der Waals surface area (Å²) < 4.78 is 0. The van der Waals surface area contributed by atoms with E-state index in [-0.39, 0.29) is 0 Å². The molecule has 0 aromatic carbocycles. The summed E-state index contributed by atoms with van der Waals surface area (Å²) in [5, 5.41) is 3.78. The van der Waals surface area contributed by atoms with Gasteiger partial charge >= 0.3 is 0 Å². The molecule has 2 heteroatoms. The average Bonchev–Trinajstić information content (AvgIpc) is 2.34. The molecule has 2 rings (SSSR count). The third-order valence-corrected chi connectivity index (χ3v) is 5.22. The van der Waals surface area contributed by atoms with Crippen LogP contribution < -0.4 is 5.32 Å². The number of nitrogens with one attached hydrogen (secondary N) is 1. The fourth-order valence-electron chi connectivity index (χ4n) is 3.60. The summed E-state index contributed by atoms with van der Waals surface area (Å²) in [6.07, 6.45) is 7.06. The summed E-state index contributed by atoms with van der Waals surface area (Å²) in [7, 11) is 0. The van der Waals surface area contributed by atoms with Crippen molar-refractivity contribution in [1.29, 1.82) is 0 Å². The van der Waals surface area contributed by atoms with Crippen LogP contribution in [0.15, 0.2) is 0 Å². The van der Waals surface area contributed by atoms with Crippen molar-refractivity contribution in [3.63, 3.8) is 0 Å². The van der Waals surface area contributed by atoms with Crippen LogP contribution in [0, 0.1) is 17.8 Å². The van der Waals surface area contributed by atoms with E-state index in [0.717, 1.165) is 23.8 Å². The molecule has 2 fully saturated rings. The first-order chi connectivity index (χ1) is 8.65. The van der Waals surface area contributed by atoms with Gasteiger partial charge in [-0.2, -0.15) is 0 Å². The highest BCUT2D eigenvalue weighted by molar-refractivity contribution is 4.78. The van der Waals surface area contributed by atoms with Crippen LogP contribution in [0.2, 0.25) is 0 Å². The minimum Gasteiger partial charge on any atom is -0.313 e. The number of piperidine rings is 1. The molecule has 4 unspecified atom stereocenters. The predicted molar refractivity (Wildman–Crippen MR) is 78.8 cm³/mol. The van der Waals surface area contributed by atoms with E-state index in [0.29, 0.717) is 0 Å². The molecule has 0 aromatic rings. The first kappa shape index (κ1) is 14.3. The van der Waals surface area contributed by atoms with Crippen molar-refractivity contribution in [2.24, 2.45) is 17.8 Å². The van der Waals surface area contributed by atoms with E-state index < -0.39 is 0 Å². The summed E-state index contributed by atoms with van der Waals surface area (Å²) in [6, 6.07) is 0.801. The van der Waals surface area contributed by atoms with E-state index in [1.54, 1.807) is 0 Å². The van der Waals surface area contributed by atoms with Crippen molar-refractivity contribution in [3.8, 4) is 0 Å². The van der Waals surface area contributed by atoms with Crippen molar-refractivity contribution in [2.75, 3.05) is 26.2 Å². The molecule has 0 bridgehead atoms. The molecule has 1 aliphatic heterocycles. The Balaban J connectivity index is 1.60. The maximum atomic E-state index is 3.78. The third-order valence-electron chi connectivity index (χ3n) is 5.22. The quantitative estimate of drug-likeness (QED) is 0.827. The molecule has 0 spiro atoms. The minimum atomic E-state index is 0.801. The SMILES string of the molecule is CC1CCCC(NCCN2CCC(C)C(C)C2)C1. The zero-order valence-corrected chi connectivity index (χ0v) is 12.6. The Morgan fingerprint density at radius 3 is 2.61 bits per heavy atom. The second kappa shape index (κ2) is 6.91. The normalized spacial score (nSPS) is 38.8. The van der Waals surface area contributed by atoms with Crippen molar-refractivity contribution in [3.05, 3.63) is 0 Å². The second-order valence-electron chi connectivity index (χ2n) is 6.97. The molecule has 1 heterocycles. The van der Waals surface area contributed by atoms with Gasteiger partial charge in [0, 0.05) is 25.7 Å². The molecule has 106 valence electrons. The Hall–Kier alpha value is -0.0800. The van der Waals surface area contributed by atoms with Crippen LogP contribution >= 0.6 is 0 Å². The smallest absolute Gasteiger partial charge is 0.0107 e. The van der Waals surface area contributed by atoms with Crippen LogP contribution in [-0.2, 0) is 0 Å². The van der Waals surface area contributed by atoms with Crippen LogP contribution in [0.1, 0.15) is 52.9 Å². The van der Waals surface area contributed by atoms with E-state index in [9.17, 15) is 0 Å². The summed E-state index contributed by atoms with van der Waals surface area (Å²) in [5.41, 5.74) is 0. The van der Waals surface area contributed by atoms with E-state index in [2.05, 4.69) is 31.0 Å². The maximum absolute atomic E-state index is 3.78. The Labute approximate surface area is 114 Å². The van der Waals surface area contributed by atoms with Gasteiger partial charge in [-0.15, -0.1) is 0 Å². The lowest BCUT2D eigenvalue weighted by Gasteiger charge is -2.36.